The molecule has 0 amide bonds. The number of benzene rings is 1. The van der Waals surface area contributed by atoms with E-state index in [-0.39, 0.29) is 10.6 Å². The number of anilines is 1. The molecule has 1 rings (SSSR count). The Morgan fingerprint density at radius 3 is 2.50 bits per heavy atom. The van der Waals surface area contributed by atoms with Crippen molar-refractivity contribution in [3.05, 3.63) is 24.0 Å². The van der Waals surface area contributed by atoms with E-state index < -0.39 is 15.8 Å². The number of hydrogen-bond acceptors (Lipinski definition) is 3. The SMILES string of the molecule is CCCCCN(C)S(=O)(=O)c1cc(N)cc(F)c1. The van der Waals surface area contributed by atoms with Crippen LogP contribution in [0.25, 0.3) is 0 Å². The first kappa shape index (κ1) is 14.9. The van der Waals surface area contributed by atoms with Gasteiger partial charge >= 0.3 is 0 Å². The van der Waals surface area contributed by atoms with Crippen LogP contribution in [0.2, 0.25) is 0 Å². The van der Waals surface area contributed by atoms with Crippen LogP contribution in [0.4, 0.5) is 10.1 Å². The third kappa shape index (κ3) is 3.68. The first-order valence-electron chi connectivity index (χ1n) is 5.90. The Morgan fingerprint density at radius 2 is 1.94 bits per heavy atom. The fourth-order valence-corrected chi connectivity index (χ4v) is 2.89. The molecule has 0 saturated carbocycles. The molecule has 0 aliphatic carbocycles. The largest absolute Gasteiger partial charge is 0.399 e. The summed E-state index contributed by atoms with van der Waals surface area (Å²) < 4.78 is 38.7. The summed E-state index contributed by atoms with van der Waals surface area (Å²) in [5.41, 5.74) is 5.56. The second kappa shape index (κ2) is 6.15. The summed E-state index contributed by atoms with van der Waals surface area (Å²) in [5, 5.41) is 0. The van der Waals surface area contributed by atoms with E-state index in [2.05, 4.69) is 0 Å². The Kier molecular flexibility index (Phi) is 5.10. The lowest BCUT2D eigenvalue weighted by Crippen LogP contribution is -2.28. The molecule has 0 heterocycles. The van der Waals surface area contributed by atoms with Gasteiger partial charge in [-0.05, 0) is 24.6 Å². The summed E-state index contributed by atoms with van der Waals surface area (Å²) in [4.78, 5) is -0.0981. The average Bonchev–Trinajstić information content (AvgIpc) is 2.27. The molecule has 0 bridgehead atoms. The molecule has 0 unspecified atom stereocenters. The number of nitrogen functional groups attached to an aromatic ring is 1. The van der Waals surface area contributed by atoms with E-state index in [9.17, 15) is 12.8 Å². The van der Waals surface area contributed by atoms with Crippen LogP contribution in [-0.4, -0.2) is 26.3 Å². The van der Waals surface area contributed by atoms with Gasteiger partial charge in [0.05, 0.1) is 4.90 Å². The molecule has 1 aromatic carbocycles. The molecule has 0 radical (unpaired) electrons. The lowest BCUT2D eigenvalue weighted by molar-refractivity contribution is 0.453. The Hall–Kier alpha value is -1.14. The third-order valence-corrected chi connectivity index (χ3v) is 4.51. The molecule has 0 aliphatic rings. The zero-order valence-electron chi connectivity index (χ0n) is 10.7. The summed E-state index contributed by atoms with van der Waals surface area (Å²) >= 11 is 0. The van der Waals surface area contributed by atoms with E-state index in [0.717, 1.165) is 31.4 Å². The van der Waals surface area contributed by atoms with Gasteiger partial charge in [0.15, 0.2) is 0 Å². The minimum absolute atomic E-state index is 0.0981. The standard InChI is InChI=1S/C12H19FN2O2S/c1-3-4-5-6-15(2)18(16,17)12-8-10(13)7-11(14)9-12/h7-9H,3-6,14H2,1-2H3. The van der Waals surface area contributed by atoms with Crippen LogP contribution in [0.3, 0.4) is 0 Å². The van der Waals surface area contributed by atoms with Crippen LogP contribution in [0, 0.1) is 5.82 Å². The highest BCUT2D eigenvalue weighted by Gasteiger charge is 2.21. The van der Waals surface area contributed by atoms with Crippen molar-refractivity contribution in [3.63, 3.8) is 0 Å². The molecule has 0 atom stereocenters. The van der Waals surface area contributed by atoms with E-state index in [0.29, 0.717) is 6.54 Å². The van der Waals surface area contributed by atoms with E-state index in [1.165, 1.54) is 17.4 Å². The number of rotatable bonds is 6. The lowest BCUT2D eigenvalue weighted by atomic mass is 10.2. The molecular weight excluding hydrogens is 255 g/mol. The van der Waals surface area contributed by atoms with Gasteiger partial charge in [-0.25, -0.2) is 17.1 Å². The summed E-state index contributed by atoms with van der Waals surface area (Å²) in [6.07, 6.45) is 2.77. The maximum absolute atomic E-state index is 13.2. The topological polar surface area (TPSA) is 63.4 Å². The number of unbranched alkanes of at least 4 members (excludes halogenated alkanes) is 2. The van der Waals surface area contributed by atoms with Crippen molar-refractivity contribution in [2.75, 3.05) is 19.3 Å². The second-order valence-corrected chi connectivity index (χ2v) is 6.30. The minimum atomic E-state index is -3.65. The van der Waals surface area contributed by atoms with Crippen molar-refractivity contribution in [3.8, 4) is 0 Å². The predicted molar refractivity (Wildman–Crippen MR) is 70.2 cm³/mol. The molecule has 6 heteroatoms. The normalized spacial score (nSPS) is 12.0. The molecule has 0 spiro atoms. The van der Waals surface area contributed by atoms with Gasteiger partial charge in [0.25, 0.3) is 0 Å². The van der Waals surface area contributed by atoms with Gasteiger partial charge < -0.3 is 5.73 Å². The molecule has 102 valence electrons. The molecule has 0 saturated heterocycles. The molecule has 18 heavy (non-hydrogen) atoms. The fourth-order valence-electron chi connectivity index (χ4n) is 1.62. The van der Waals surface area contributed by atoms with Gasteiger partial charge in [0.1, 0.15) is 5.82 Å². The third-order valence-electron chi connectivity index (χ3n) is 2.68. The van der Waals surface area contributed by atoms with Crippen molar-refractivity contribution in [1.82, 2.24) is 4.31 Å². The van der Waals surface area contributed by atoms with Gasteiger partial charge in [-0.3, -0.25) is 0 Å². The monoisotopic (exact) mass is 274 g/mol. The highest BCUT2D eigenvalue weighted by molar-refractivity contribution is 7.89. The van der Waals surface area contributed by atoms with Gasteiger partial charge in [0, 0.05) is 19.3 Å². The maximum atomic E-state index is 13.2. The molecule has 1 aromatic rings. The van der Waals surface area contributed by atoms with Crippen LogP contribution in [0.1, 0.15) is 26.2 Å². The molecule has 0 fully saturated rings. The smallest absolute Gasteiger partial charge is 0.242 e. The highest BCUT2D eigenvalue weighted by Crippen LogP contribution is 2.19. The maximum Gasteiger partial charge on any atom is 0.242 e. The Balaban J connectivity index is 2.91. The first-order valence-corrected chi connectivity index (χ1v) is 7.34. The number of hydrogen-bond donors (Lipinski definition) is 1. The van der Waals surface area contributed by atoms with Crippen molar-refractivity contribution >= 4 is 15.7 Å². The summed E-state index contributed by atoms with van der Waals surface area (Å²) in [6, 6.07) is 3.35. The van der Waals surface area contributed by atoms with E-state index >= 15 is 0 Å². The van der Waals surface area contributed by atoms with Crippen LogP contribution in [0.15, 0.2) is 23.1 Å². The average molecular weight is 274 g/mol. The fraction of sp³-hybridized carbons (Fsp3) is 0.500. The van der Waals surface area contributed by atoms with Crippen molar-refractivity contribution in [2.45, 2.75) is 31.1 Å². The van der Waals surface area contributed by atoms with Crippen LogP contribution in [-0.2, 0) is 10.0 Å². The summed E-state index contributed by atoms with van der Waals surface area (Å²) in [5.74, 6) is -0.643. The molecule has 0 aliphatic heterocycles. The Labute approximate surface area is 108 Å². The van der Waals surface area contributed by atoms with Gasteiger partial charge in [-0.1, -0.05) is 19.8 Å². The lowest BCUT2D eigenvalue weighted by Gasteiger charge is -2.17. The number of nitrogens with two attached hydrogens (primary N) is 1. The Morgan fingerprint density at radius 1 is 1.28 bits per heavy atom. The Bertz CT molecular complexity index is 483. The molecule has 0 aromatic heterocycles. The van der Waals surface area contributed by atoms with Crippen LogP contribution in [0.5, 0.6) is 0 Å². The minimum Gasteiger partial charge on any atom is -0.399 e. The highest BCUT2D eigenvalue weighted by atomic mass is 32.2. The number of halogens is 1. The van der Waals surface area contributed by atoms with Gasteiger partial charge in [-0.15, -0.1) is 0 Å². The molecule has 2 N–H and O–H groups in total. The zero-order valence-corrected chi connectivity index (χ0v) is 11.5. The van der Waals surface area contributed by atoms with E-state index in [4.69, 9.17) is 5.73 Å². The second-order valence-electron chi connectivity index (χ2n) is 4.25. The van der Waals surface area contributed by atoms with E-state index in [1.54, 1.807) is 0 Å². The molecule has 4 nitrogen and oxygen atoms in total. The van der Waals surface area contributed by atoms with Crippen molar-refractivity contribution < 1.29 is 12.8 Å². The van der Waals surface area contributed by atoms with Gasteiger partial charge in [-0.2, -0.15) is 0 Å². The van der Waals surface area contributed by atoms with E-state index in [1.807, 2.05) is 6.92 Å². The van der Waals surface area contributed by atoms with Crippen molar-refractivity contribution in [2.24, 2.45) is 0 Å². The van der Waals surface area contributed by atoms with Gasteiger partial charge in [0.2, 0.25) is 10.0 Å². The van der Waals surface area contributed by atoms with Crippen molar-refractivity contribution in [1.29, 1.82) is 0 Å². The van der Waals surface area contributed by atoms with Crippen LogP contribution < -0.4 is 5.73 Å². The quantitative estimate of drug-likeness (QED) is 0.639. The summed E-state index contributed by atoms with van der Waals surface area (Å²) in [6.45, 7) is 2.47. The number of nitrogens with zero attached hydrogens (tertiary/aromatic N) is 1. The molecular formula is C12H19FN2O2S. The zero-order chi connectivity index (χ0) is 13.8. The van der Waals surface area contributed by atoms with Crippen LogP contribution >= 0.6 is 0 Å². The number of sulfonamides is 1. The first-order chi connectivity index (χ1) is 8.37. The summed E-state index contributed by atoms with van der Waals surface area (Å²) in [7, 11) is -2.16. The predicted octanol–water partition coefficient (Wildman–Crippen LogP) is 2.22.